The highest BCUT2D eigenvalue weighted by atomic mass is 79.9. The van der Waals surface area contributed by atoms with E-state index in [-0.39, 0.29) is 0 Å². The molecule has 2 rings (SSSR count). The lowest BCUT2D eigenvalue weighted by Gasteiger charge is -2.09. The summed E-state index contributed by atoms with van der Waals surface area (Å²) in [5.41, 5.74) is 0.847. The van der Waals surface area contributed by atoms with Crippen LogP contribution in [0, 0.1) is 0 Å². The van der Waals surface area contributed by atoms with Crippen molar-refractivity contribution in [1.29, 1.82) is 0 Å². The predicted molar refractivity (Wildman–Crippen MR) is 69.1 cm³/mol. The number of aliphatic carboxylic acids is 1. The molecule has 1 N–H and O–H groups in total. The molecule has 16 heavy (non-hydrogen) atoms. The minimum atomic E-state index is -0.783. The van der Waals surface area contributed by atoms with Crippen molar-refractivity contribution in [2.24, 2.45) is 0 Å². The molecule has 0 bridgehead atoms. The number of thioether (sulfide) groups is 1. The lowest BCUT2D eigenvalue weighted by molar-refractivity contribution is -0.138. The van der Waals surface area contributed by atoms with Crippen molar-refractivity contribution < 1.29 is 9.90 Å². The van der Waals surface area contributed by atoms with E-state index in [4.69, 9.17) is 5.11 Å². The molecule has 0 heterocycles. The van der Waals surface area contributed by atoms with Gasteiger partial charge in [0.15, 0.2) is 0 Å². The van der Waals surface area contributed by atoms with Gasteiger partial charge in [0.05, 0.1) is 5.92 Å². The Morgan fingerprint density at radius 3 is 2.75 bits per heavy atom. The van der Waals surface area contributed by atoms with Crippen molar-refractivity contribution in [3.8, 4) is 0 Å². The Hall–Kier alpha value is -0.480. The zero-order valence-electron chi connectivity index (χ0n) is 8.94. The average molecular weight is 301 g/mol. The lowest BCUT2D eigenvalue weighted by atomic mass is 10.0. The van der Waals surface area contributed by atoms with Crippen molar-refractivity contribution in [3.63, 3.8) is 0 Å². The van der Waals surface area contributed by atoms with Crippen LogP contribution in [0.3, 0.4) is 0 Å². The largest absolute Gasteiger partial charge is 0.481 e. The molecule has 2 nitrogen and oxygen atoms in total. The summed E-state index contributed by atoms with van der Waals surface area (Å²) < 4.78 is 1.01. The summed E-state index contributed by atoms with van der Waals surface area (Å²) >= 11 is 5.38. The van der Waals surface area contributed by atoms with Gasteiger partial charge in [-0.15, -0.1) is 11.8 Å². The molecule has 0 radical (unpaired) electrons. The fourth-order valence-corrected chi connectivity index (χ4v) is 3.12. The summed E-state index contributed by atoms with van der Waals surface area (Å²) in [5, 5.41) is 9.69. The van der Waals surface area contributed by atoms with Gasteiger partial charge in [0.25, 0.3) is 0 Å². The smallest absolute Gasteiger partial charge is 0.310 e. The summed E-state index contributed by atoms with van der Waals surface area (Å²) in [4.78, 5) is 12.1. The lowest BCUT2D eigenvalue weighted by Crippen LogP contribution is -2.07. The Morgan fingerprint density at radius 1 is 1.56 bits per heavy atom. The molecule has 1 atom stereocenters. The molecule has 0 amide bonds. The van der Waals surface area contributed by atoms with Crippen LogP contribution in [-0.2, 0) is 4.79 Å². The number of carboxylic acids is 1. The Morgan fingerprint density at radius 2 is 2.25 bits per heavy atom. The Balaban J connectivity index is 2.17. The number of rotatable bonds is 4. The van der Waals surface area contributed by atoms with E-state index in [2.05, 4.69) is 15.9 Å². The topological polar surface area (TPSA) is 37.3 Å². The van der Waals surface area contributed by atoms with E-state index in [0.717, 1.165) is 15.3 Å². The fraction of sp³-hybridized carbons (Fsp3) is 0.417. The molecule has 0 spiro atoms. The van der Waals surface area contributed by atoms with Crippen molar-refractivity contribution in [2.45, 2.75) is 35.8 Å². The van der Waals surface area contributed by atoms with Crippen LogP contribution < -0.4 is 0 Å². The molecule has 1 aliphatic rings. The number of benzene rings is 1. The van der Waals surface area contributed by atoms with Gasteiger partial charge in [-0.05, 0) is 53.4 Å². The van der Waals surface area contributed by atoms with Crippen LogP contribution in [0.25, 0.3) is 0 Å². The highest BCUT2D eigenvalue weighted by Crippen LogP contribution is 2.42. The second kappa shape index (κ2) is 4.80. The molecule has 0 aliphatic heterocycles. The Labute approximate surface area is 108 Å². The Kier molecular flexibility index (Phi) is 3.60. The average Bonchev–Trinajstić information content (AvgIpc) is 3.03. The maximum Gasteiger partial charge on any atom is 0.310 e. The third-order valence-electron chi connectivity index (χ3n) is 2.64. The van der Waals surface area contributed by atoms with E-state index in [1.165, 1.54) is 17.7 Å². The summed E-state index contributed by atoms with van der Waals surface area (Å²) in [5.74, 6) is -1.23. The van der Waals surface area contributed by atoms with E-state index >= 15 is 0 Å². The highest BCUT2D eigenvalue weighted by Gasteiger charge is 2.24. The number of carboxylic acid groups (broad SMARTS) is 1. The van der Waals surface area contributed by atoms with E-state index in [1.807, 2.05) is 30.0 Å². The summed E-state index contributed by atoms with van der Waals surface area (Å²) in [7, 11) is 0. The molecule has 1 saturated carbocycles. The normalized spacial score (nSPS) is 17.1. The van der Waals surface area contributed by atoms with Crippen LogP contribution >= 0.6 is 27.7 Å². The molecule has 4 heteroatoms. The monoisotopic (exact) mass is 300 g/mol. The second-order valence-electron chi connectivity index (χ2n) is 4.07. The minimum absolute atomic E-state index is 0.448. The number of carbonyl (C=O) groups is 1. The highest BCUT2D eigenvalue weighted by molar-refractivity contribution is 9.10. The van der Waals surface area contributed by atoms with Crippen LogP contribution in [0.2, 0.25) is 0 Å². The van der Waals surface area contributed by atoms with E-state index < -0.39 is 11.9 Å². The van der Waals surface area contributed by atoms with Gasteiger partial charge < -0.3 is 5.11 Å². The first-order valence-electron chi connectivity index (χ1n) is 5.27. The van der Waals surface area contributed by atoms with Crippen LogP contribution in [-0.4, -0.2) is 16.3 Å². The van der Waals surface area contributed by atoms with Crippen molar-refractivity contribution in [3.05, 3.63) is 28.2 Å². The number of hydrogen-bond donors (Lipinski definition) is 1. The third-order valence-corrected chi connectivity index (χ3v) is 4.98. The summed E-state index contributed by atoms with van der Waals surface area (Å²) in [6.45, 7) is 1.71. The van der Waals surface area contributed by atoms with Gasteiger partial charge in [0, 0.05) is 14.6 Å². The zero-order chi connectivity index (χ0) is 11.7. The second-order valence-corrected chi connectivity index (χ2v) is 6.26. The Bertz CT molecular complexity index is 415. The first kappa shape index (κ1) is 12.0. The summed E-state index contributed by atoms with van der Waals surface area (Å²) in [6, 6.07) is 5.85. The first-order valence-corrected chi connectivity index (χ1v) is 6.94. The van der Waals surface area contributed by atoms with Crippen molar-refractivity contribution >= 4 is 33.7 Å². The zero-order valence-corrected chi connectivity index (χ0v) is 11.3. The van der Waals surface area contributed by atoms with Crippen LogP contribution in [0.1, 0.15) is 31.2 Å². The predicted octanol–water partition coefficient (Wildman–Crippen LogP) is 3.89. The van der Waals surface area contributed by atoms with Crippen LogP contribution in [0.15, 0.2) is 27.6 Å². The van der Waals surface area contributed by atoms with E-state index in [1.54, 1.807) is 6.92 Å². The van der Waals surface area contributed by atoms with Gasteiger partial charge in [-0.25, -0.2) is 0 Å². The van der Waals surface area contributed by atoms with Crippen molar-refractivity contribution in [2.75, 3.05) is 0 Å². The van der Waals surface area contributed by atoms with Gasteiger partial charge in [-0.2, -0.15) is 0 Å². The molecule has 1 fully saturated rings. The minimum Gasteiger partial charge on any atom is -0.481 e. The molecule has 1 unspecified atom stereocenters. The molecular weight excluding hydrogens is 288 g/mol. The third kappa shape index (κ3) is 2.80. The van der Waals surface area contributed by atoms with Gasteiger partial charge in [-0.3, -0.25) is 4.79 Å². The maximum absolute atomic E-state index is 10.9. The van der Waals surface area contributed by atoms with Crippen molar-refractivity contribution in [1.82, 2.24) is 0 Å². The molecule has 0 aromatic heterocycles. The van der Waals surface area contributed by atoms with Crippen LogP contribution in [0.4, 0.5) is 0 Å². The van der Waals surface area contributed by atoms with Gasteiger partial charge >= 0.3 is 5.97 Å². The maximum atomic E-state index is 10.9. The number of hydrogen-bond acceptors (Lipinski definition) is 2. The first-order chi connectivity index (χ1) is 7.58. The number of halogens is 1. The van der Waals surface area contributed by atoms with Crippen LogP contribution in [0.5, 0.6) is 0 Å². The molecular formula is C12H13BrO2S. The molecule has 0 saturated heterocycles. The molecule has 86 valence electrons. The van der Waals surface area contributed by atoms with E-state index in [0.29, 0.717) is 0 Å². The van der Waals surface area contributed by atoms with E-state index in [9.17, 15) is 4.79 Å². The summed E-state index contributed by atoms with van der Waals surface area (Å²) in [6.07, 6.45) is 2.59. The van der Waals surface area contributed by atoms with Gasteiger partial charge in [0.2, 0.25) is 0 Å². The van der Waals surface area contributed by atoms with Gasteiger partial charge in [-0.1, -0.05) is 6.07 Å². The quantitative estimate of drug-likeness (QED) is 0.916. The fourth-order valence-electron chi connectivity index (χ4n) is 1.39. The molecule has 1 aromatic carbocycles. The molecule has 1 aromatic rings. The van der Waals surface area contributed by atoms with Gasteiger partial charge in [0.1, 0.15) is 0 Å². The molecule has 1 aliphatic carbocycles. The SMILES string of the molecule is CC(C(=O)O)c1ccc(SC2CC2)c(Br)c1. The standard InChI is InChI=1S/C12H13BrO2S/c1-7(12(14)15)8-2-5-11(10(13)6-8)16-9-3-4-9/h2,5-7,9H,3-4H2,1H3,(H,14,15).